The SMILES string of the molecule is COc1ccccc1OCC(=O)Nc1ccc2c(c1)OCC(=O)N2Cc1ccccc1F. The Bertz CT molecular complexity index is 1150. The second-order valence-electron chi connectivity index (χ2n) is 7.03. The molecule has 7 nitrogen and oxygen atoms in total. The van der Waals surface area contributed by atoms with Crippen molar-refractivity contribution in [3.05, 3.63) is 78.1 Å². The minimum Gasteiger partial charge on any atom is -0.493 e. The Labute approximate surface area is 184 Å². The summed E-state index contributed by atoms with van der Waals surface area (Å²) in [6.45, 7) is -0.299. The van der Waals surface area contributed by atoms with E-state index in [-0.39, 0.29) is 37.4 Å². The van der Waals surface area contributed by atoms with Crippen LogP contribution in [0.2, 0.25) is 0 Å². The first-order valence-electron chi connectivity index (χ1n) is 9.91. The van der Waals surface area contributed by atoms with Crippen LogP contribution in [0.15, 0.2) is 66.7 Å². The van der Waals surface area contributed by atoms with E-state index in [4.69, 9.17) is 14.2 Å². The molecule has 0 aliphatic carbocycles. The molecule has 0 unspecified atom stereocenters. The predicted octanol–water partition coefficient (Wildman–Crippen LogP) is 3.78. The Hall–Kier alpha value is -4.07. The van der Waals surface area contributed by atoms with E-state index in [0.717, 1.165) is 0 Å². The van der Waals surface area contributed by atoms with Gasteiger partial charge in [-0.3, -0.25) is 9.59 Å². The fourth-order valence-corrected chi connectivity index (χ4v) is 3.33. The summed E-state index contributed by atoms with van der Waals surface area (Å²) in [5.74, 6) is 0.383. The van der Waals surface area contributed by atoms with Gasteiger partial charge < -0.3 is 24.4 Å². The smallest absolute Gasteiger partial charge is 0.265 e. The largest absolute Gasteiger partial charge is 0.493 e. The van der Waals surface area contributed by atoms with Crippen LogP contribution in [0.5, 0.6) is 17.2 Å². The molecule has 0 bridgehead atoms. The molecule has 2 amide bonds. The number of ether oxygens (including phenoxy) is 3. The van der Waals surface area contributed by atoms with Crippen LogP contribution in [0.25, 0.3) is 0 Å². The van der Waals surface area contributed by atoms with Gasteiger partial charge in [0.1, 0.15) is 11.6 Å². The lowest BCUT2D eigenvalue weighted by Gasteiger charge is -2.30. The van der Waals surface area contributed by atoms with Crippen molar-refractivity contribution in [1.29, 1.82) is 0 Å². The van der Waals surface area contributed by atoms with Gasteiger partial charge in [-0.2, -0.15) is 0 Å². The van der Waals surface area contributed by atoms with Gasteiger partial charge >= 0.3 is 0 Å². The zero-order chi connectivity index (χ0) is 22.5. The number of hydrogen-bond donors (Lipinski definition) is 1. The van der Waals surface area contributed by atoms with Crippen molar-refractivity contribution in [2.75, 3.05) is 30.5 Å². The fourth-order valence-electron chi connectivity index (χ4n) is 3.33. The van der Waals surface area contributed by atoms with Crippen molar-refractivity contribution < 1.29 is 28.2 Å². The van der Waals surface area contributed by atoms with Gasteiger partial charge in [-0.05, 0) is 30.3 Å². The molecule has 0 aromatic heterocycles. The van der Waals surface area contributed by atoms with Crippen molar-refractivity contribution in [3.8, 4) is 17.2 Å². The molecule has 8 heteroatoms. The van der Waals surface area contributed by atoms with Gasteiger partial charge in [0.25, 0.3) is 11.8 Å². The first kappa shape index (κ1) is 21.2. The molecule has 3 aromatic carbocycles. The summed E-state index contributed by atoms with van der Waals surface area (Å²) < 4.78 is 30.3. The summed E-state index contributed by atoms with van der Waals surface area (Å²) in [4.78, 5) is 26.2. The van der Waals surface area contributed by atoms with Gasteiger partial charge in [0, 0.05) is 17.3 Å². The van der Waals surface area contributed by atoms with E-state index in [9.17, 15) is 14.0 Å². The highest BCUT2D eigenvalue weighted by Crippen LogP contribution is 2.35. The van der Waals surface area contributed by atoms with Crippen LogP contribution >= 0.6 is 0 Å². The number of benzene rings is 3. The van der Waals surface area contributed by atoms with Gasteiger partial charge in [0.15, 0.2) is 24.7 Å². The zero-order valence-corrected chi connectivity index (χ0v) is 17.3. The van der Waals surface area contributed by atoms with E-state index >= 15 is 0 Å². The molecule has 164 valence electrons. The monoisotopic (exact) mass is 436 g/mol. The van der Waals surface area contributed by atoms with Crippen molar-refractivity contribution in [3.63, 3.8) is 0 Å². The van der Waals surface area contributed by atoms with E-state index < -0.39 is 0 Å². The highest BCUT2D eigenvalue weighted by Gasteiger charge is 2.26. The van der Waals surface area contributed by atoms with Crippen LogP contribution in [0.3, 0.4) is 0 Å². The number of nitrogens with zero attached hydrogens (tertiary/aromatic N) is 1. The first-order valence-corrected chi connectivity index (χ1v) is 9.91. The average Bonchev–Trinajstić information content (AvgIpc) is 2.81. The van der Waals surface area contributed by atoms with Gasteiger partial charge in [0.05, 0.1) is 19.3 Å². The third kappa shape index (κ3) is 4.64. The number of fused-ring (bicyclic) bond motifs is 1. The summed E-state index contributed by atoms with van der Waals surface area (Å²) in [6.07, 6.45) is 0. The fraction of sp³-hybridized carbons (Fsp3) is 0.167. The average molecular weight is 436 g/mol. The summed E-state index contributed by atoms with van der Waals surface area (Å²) >= 11 is 0. The topological polar surface area (TPSA) is 77.1 Å². The third-order valence-electron chi connectivity index (χ3n) is 4.90. The van der Waals surface area contributed by atoms with E-state index in [0.29, 0.717) is 34.2 Å². The van der Waals surface area contributed by atoms with E-state index in [1.807, 2.05) is 0 Å². The number of anilines is 2. The van der Waals surface area contributed by atoms with Gasteiger partial charge in [-0.15, -0.1) is 0 Å². The van der Waals surface area contributed by atoms with Crippen LogP contribution in [0.4, 0.5) is 15.8 Å². The molecule has 0 spiro atoms. The first-order chi connectivity index (χ1) is 15.5. The Morgan fingerprint density at radius 1 is 1.09 bits per heavy atom. The number of halogens is 1. The van der Waals surface area contributed by atoms with Crippen LogP contribution in [-0.2, 0) is 16.1 Å². The van der Waals surface area contributed by atoms with Crippen LogP contribution in [0.1, 0.15) is 5.56 Å². The molecule has 1 heterocycles. The molecule has 0 fully saturated rings. The maximum Gasteiger partial charge on any atom is 0.265 e. The number of carbonyl (C=O) groups excluding carboxylic acids is 2. The molecule has 1 N–H and O–H groups in total. The highest BCUT2D eigenvalue weighted by atomic mass is 19.1. The Balaban J connectivity index is 1.44. The maximum atomic E-state index is 14.1. The third-order valence-corrected chi connectivity index (χ3v) is 4.90. The van der Waals surface area contributed by atoms with E-state index in [1.165, 1.54) is 18.1 Å². The van der Waals surface area contributed by atoms with Gasteiger partial charge in [-0.1, -0.05) is 30.3 Å². The lowest BCUT2D eigenvalue weighted by Crippen LogP contribution is -2.38. The number of methoxy groups -OCH3 is 1. The number of nitrogens with one attached hydrogen (secondary N) is 1. The van der Waals surface area contributed by atoms with E-state index in [1.54, 1.807) is 60.7 Å². The van der Waals surface area contributed by atoms with Crippen LogP contribution in [-0.4, -0.2) is 32.1 Å². The molecule has 1 aliphatic heterocycles. The minimum absolute atomic E-state index is 0.0837. The molecule has 3 aromatic rings. The summed E-state index contributed by atoms with van der Waals surface area (Å²) in [5.41, 5.74) is 1.39. The number of amides is 2. The molecule has 0 saturated carbocycles. The summed E-state index contributed by atoms with van der Waals surface area (Å²) in [5, 5.41) is 2.74. The highest BCUT2D eigenvalue weighted by molar-refractivity contribution is 5.99. The van der Waals surface area contributed by atoms with Crippen molar-refractivity contribution in [2.24, 2.45) is 0 Å². The van der Waals surface area contributed by atoms with Gasteiger partial charge in [0.2, 0.25) is 0 Å². The number of para-hydroxylation sites is 2. The number of hydrogen-bond acceptors (Lipinski definition) is 5. The van der Waals surface area contributed by atoms with Crippen LogP contribution in [0, 0.1) is 5.82 Å². The minimum atomic E-state index is -0.382. The number of carbonyl (C=O) groups is 2. The second-order valence-corrected chi connectivity index (χ2v) is 7.03. The van der Waals surface area contributed by atoms with E-state index in [2.05, 4.69) is 5.32 Å². The van der Waals surface area contributed by atoms with Crippen molar-refractivity contribution in [2.45, 2.75) is 6.54 Å². The lowest BCUT2D eigenvalue weighted by atomic mass is 10.1. The van der Waals surface area contributed by atoms with Crippen molar-refractivity contribution >= 4 is 23.2 Å². The molecule has 1 aliphatic rings. The molecule has 0 atom stereocenters. The van der Waals surface area contributed by atoms with Crippen molar-refractivity contribution in [1.82, 2.24) is 0 Å². The van der Waals surface area contributed by atoms with Crippen LogP contribution < -0.4 is 24.4 Å². The second kappa shape index (κ2) is 9.38. The molecular formula is C24H21FN2O5. The zero-order valence-electron chi connectivity index (χ0n) is 17.3. The predicted molar refractivity (Wildman–Crippen MR) is 117 cm³/mol. The normalized spacial score (nSPS) is 12.6. The quantitative estimate of drug-likeness (QED) is 0.610. The lowest BCUT2D eigenvalue weighted by molar-refractivity contribution is -0.121. The Kier molecular flexibility index (Phi) is 6.21. The maximum absolute atomic E-state index is 14.1. The molecule has 0 radical (unpaired) electrons. The molecule has 32 heavy (non-hydrogen) atoms. The Morgan fingerprint density at radius 3 is 2.62 bits per heavy atom. The standard InChI is InChI=1S/C24H21FN2O5/c1-30-20-8-4-5-9-21(20)31-14-23(28)26-17-10-11-19-22(12-17)32-15-24(29)27(19)13-16-6-2-3-7-18(16)25/h2-12H,13-15H2,1H3,(H,26,28). The summed E-state index contributed by atoms with van der Waals surface area (Å²) in [7, 11) is 1.52. The number of rotatable bonds is 7. The Morgan fingerprint density at radius 2 is 1.84 bits per heavy atom. The summed E-state index contributed by atoms with van der Waals surface area (Å²) in [6, 6.07) is 18.3. The molecular weight excluding hydrogens is 415 g/mol. The molecule has 0 saturated heterocycles. The molecule has 4 rings (SSSR count). The van der Waals surface area contributed by atoms with Gasteiger partial charge in [-0.25, -0.2) is 4.39 Å².